The molecule has 3 saturated heterocycles. The molecule has 0 radical (unpaired) electrons. The van der Waals surface area contributed by atoms with Crippen molar-refractivity contribution in [3.63, 3.8) is 0 Å². The van der Waals surface area contributed by atoms with Gasteiger partial charge in [-0.2, -0.15) is 25.7 Å². The van der Waals surface area contributed by atoms with Crippen LogP contribution in [-0.4, -0.2) is 145 Å². The molecule has 0 saturated carbocycles. The number of hydrogen-bond donors (Lipinski definition) is 6. The molecule has 3 aliphatic heterocycles. The zero-order valence-electron chi connectivity index (χ0n) is 53.3. The van der Waals surface area contributed by atoms with E-state index in [2.05, 4.69) is 47.2 Å². The van der Waals surface area contributed by atoms with Crippen LogP contribution in [0.2, 0.25) is 0 Å². The topological polar surface area (TPSA) is 358 Å². The number of rotatable bonds is 16. The molecule has 88 heavy (non-hydrogen) atoms. The van der Waals surface area contributed by atoms with E-state index in [4.69, 9.17) is 69.9 Å². The van der Waals surface area contributed by atoms with Crippen molar-refractivity contribution in [3.8, 4) is 0 Å². The van der Waals surface area contributed by atoms with Gasteiger partial charge in [-0.15, -0.1) is 11.2 Å². The van der Waals surface area contributed by atoms with Gasteiger partial charge in [-0.1, -0.05) is 41.5 Å². The number of ether oxygens (including phenoxy) is 6. The van der Waals surface area contributed by atoms with E-state index in [9.17, 15) is 48.2 Å². The van der Waals surface area contributed by atoms with E-state index < -0.39 is 122 Å². The van der Waals surface area contributed by atoms with Gasteiger partial charge in [-0.05, 0) is 87.5 Å². The average molecular weight is 1460 g/mol. The van der Waals surface area contributed by atoms with Gasteiger partial charge < -0.3 is 89.5 Å². The third kappa shape index (κ3) is 31.6. The number of halogens is 1. The van der Waals surface area contributed by atoms with Crippen LogP contribution in [0.5, 0.6) is 0 Å². The molecule has 7 unspecified atom stereocenters. The molecule has 0 aromatic carbocycles. The zero-order valence-corrected chi connectivity index (χ0v) is 60.6. The standard InChI is InChI=1S/C15H26N2O11P2S.C13H21N2O5P.C12H18N2O5.4C3H7.CH4ClP.2Ni/c1-8-6-17(14(19)16-12(8)18)13-11(24-5)10(9(26-13)7-25-29(20,21)22)27-30(23,31)28-15(2,3)4;1-5-8-9(20-21-4)10(18-3)12(19-8)15-6-7(2)11(16)14-13(15)17;1-4-7-8(15)9(18-3)11(19-7)14-5-6(2)10(16)13-12(14)17;5*1-3-2;;/h6,9-11,13H,7H2,1-5H3,(H,23,31)(H,16,18,19)(H2,20,21,22);6,8-10,12,21H,5H2,1-4H3,(H,14,16,17);5,7-9,11,15H,4H2,1-3H3,(H,13,16,17);4*1,3H2,2H3;3H,1H3;;/q;;;4*-1;;2*+2/p-1/t9-,10?,11+,13+,30?;8-,9?,10+,12+;7-,8?,9+,11+;;;;;;;/m111......./s1. The van der Waals surface area contributed by atoms with Crippen LogP contribution in [0.15, 0.2) is 47.4 Å². The summed E-state index contributed by atoms with van der Waals surface area (Å²) in [5.41, 5.74) is -3.17. The number of methoxy groups -OCH3 is 3. The number of aryl methyl sites for hydroxylation is 3. The molecule has 16 atom stereocenters. The van der Waals surface area contributed by atoms with Gasteiger partial charge in [0.25, 0.3) is 24.5 Å². The van der Waals surface area contributed by atoms with Crippen molar-refractivity contribution in [3.05, 3.63) is 125 Å². The molecule has 0 aliphatic carbocycles. The summed E-state index contributed by atoms with van der Waals surface area (Å²) in [6.07, 6.45) is 0.674. The maximum atomic E-state index is 12.3. The van der Waals surface area contributed by atoms with Gasteiger partial charge in [-0.3, -0.25) is 52.1 Å². The first-order valence-corrected chi connectivity index (χ1v) is 35.5. The van der Waals surface area contributed by atoms with Gasteiger partial charge in [0.2, 0.25) is 0 Å². The van der Waals surface area contributed by atoms with E-state index in [1.165, 1.54) is 48.9 Å². The van der Waals surface area contributed by atoms with Crippen molar-refractivity contribution in [1.82, 2.24) is 28.7 Å². The Hall–Kier alpha value is -1.50. The van der Waals surface area contributed by atoms with E-state index in [0.717, 1.165) is 36.7 Å². The largest absolute Gasteiger partial charge is 2.00 e. The number of aromatic amines is 3. The average Bonchev–Trinajstić information content (AvgIpc) is 1.84. The van der Waals surface area contributed by atoms with E-state index >= 15 is 0 Å². The fourth-order valence-electron chi connectivity index (χ4n) is 7.78. The first-order chi connectivity index (χ1) is 40.1. The Balaban J connectivity index is -0.000000545. The van der Waals surface area contributed by atoms with Gasteiger partial charge >= 0.3 is 56.8 Å². The molecule has 3 aromatic rings. The van der Waals surface area contributed by atoms with Crippen LogP contribution in [0.3, 0.4) is 0 Å². The Kier molecular flexibility index (Phi) is 50.0. The molecule has 6 N–H and O–H groups in total. The second-order valence-corrected chi connectivity index (χ2v) is 25.6. The zero-order chi connectivity index (χ0) is 67.0. The van der Waals surface area contributed by atoms with Crippen LogP contribution in [-0.2, 0) is 95.9 Å². The molecule has 35 heteroatoms. The molecular weight excluding hydrogens is 1370 g/mol. The quantitative estimate of drug-likeness (QED) is 0.0519. The summed E-state index contributed by atoms with van der Waals surface area (Å²) in [5.74, 6) is 0. The number of aliphatic hydroxyl groups is 1. The van der Waals surface area contributed by atoms with E-state index in [0.29, 0.717) is 34.3 Å². The van der Waals surface area contributed by atoms with Crippen LogP contribution in [0.1, 0.15) is 136 Å². The fraction of sp³-hybridized carbons (Fsp3) is 0.698. The van der Waals surface area contributed by atoms with Crippen molar-refractivity contribution >= 4 is 54.3 Å². The molecule has 0 bridgehead atoms. The minimum Gasteiger partial charge on any atom is -0.756 e. The van der Waals surface area contributed by atoms with Crippen molar-refractivity contribution in [1.29, 1.82) is 0 Å². The Labute approximate surface area is 551 Å². The Bertz CT molecular complexity index is 2850. The molecule has 0 amide bonds. The van der Waals surface area contributed by atoms with Crippen LogP contribution in [0.4, 0.5) is 0 Å². The maximum Gasteiger partial charge on any atom is 2.00 e. The second-order valence-electron chi connectivity index (χ2n) is 19.5. The van der Waals surface area contributed by atoms with E-state index in [-0.39, 0.29) is 50.8 Å². The molecular formula is C53H96ClN6Ni2O21P4S-. The number of nitrogens with one attached hydrogen (secondary N) is 3. The Morgan fingerprint density at radius 2 is 0.943 bits per heavy atom. The summed E-state index contributed by atoms with van der Waals surface area (Å²) >= 11 is 10.1. The van der Waals surface area contributed by atoms with E-state index in [1.54, 1.807) is 41.7 Å². The van der Waals surface area contributed by atoms with Gasteiger partial charge in [0.1, 0.15) is 42.7 Å². The fourth-order valence-corrected chi connectivity index (χ4v) is 10.9. The van der Waals surface area contributed by atoms with Gasteiger partial charge in [-0.25, -0.2) is 14.4 Å². The first kappa shape index (κ1) is 92.9. The smallest absolute Gasteiger partial charge is 0.756 e. The summed E-state index contributed by atoms with van der Waals surface area (Å²) in [6.45, 7) is 34.7. The Morgan fingerprint density at radius 1 is 0.636 bits per heavy atom. The number of phosphoric ester groups is 1. The molecule has 3 aliphatic rings. The summed E-state index contributed by atoms with van der Waals surface area (Å²) < 4.78 is 69.2. The number of aromatic nitrogens is 6. The van der Waals surface area contributed by atoms with Gasteiger partial charge in [0.05, 0.1) is 24.4 Å². The van der Waals surface area contributed by atoms with Crippen LogP contribution < -0.4 is 38.6 Å². The van der Waals surface area contributed by atoms with Gasteiger partial charge in [0, 0.05) is 65.4 Å². The summed E-state index contributed by atoms with van der Waals surface area (Å²) in [4.78, 5) is 108. The Morgan fingerprint density at radius 3 is 1.24 bits per heavy atom. The third-order valence-corrected chi connectivity index (χ3v) is 13.8. The number of H-pyrrole nitrogens is 3. The van der Waals surface area contributed by atoms with Crippen LogP contribution in [0.25, 0.3) is 0 Å². The van der Waals surface area contributed by atoms with Crippen LogP contribution in [0, 0.1) is 48.5 Å². The molecule has 3 fully saturated rings. The molecule has 6 rings (SSSR count). The number of phosphoric acid groups is 1. The van der Waals surface area contributed by atoms with Gasteiger partial charge in [0.15, 0.2) is 18.7 Å². The minimum absolute atomic E-state index is 0. The SMILES string of the molecule is CC[C@H]1O[C@H](n2cc(C)c(=O)[nH]c2=O)[C@@H](OC)C1O.CC[C@H]1O[C@H](n2cc(C)c(=O)[nH]c2=O)[C@@H](OC)C1OPC.CO[C@H]1C(OP(O)(=S)OC(C)(C)C)[C@@H](COP(=O)([O-])O)O[C@@H]1n1cc(C)c(=O)[nH]c1=O.CPCl.[CH2-]CC.[CH2-]CC.[CH2-]CC.[CH2-]CC.[Ni+2].[Ni+2]. The summed E-state index contributed by atoms with van der Waals surface area (Å²) in [5, 5.41) is 10.1. The molecule has 3 aromatic heterocycles. The van der Waals surface area contributed by atoms with Crippen molar-refractivity contribution in [2.45, 2.75) is 201 Å². The number of aliphatic hydroxyl groups excluding tert-OH is 1. The molecule has 518 valence electrons. The minimum atomic E-state index is -5.13. The monoisotopic (exact) mass is 1460 g/mol. The third-order valence-electron chi connectivity index (χ3n) is 11.1. The maximum absolute atomic E-state index is 12.3. The molecule has 6 heterocycles. The molecule has 0 spiro atoms. The van der Waals surface area contributed by atoms with Crippen molar-refractivity contribution in [2.24, 2.45) is 0 Å². The summed E-state index contributed by atoms with van der Waals surface area (Å²) in [7, 11) is 0.0157. The van der Waals surface area contributed by atoms with E-state index in [1.807, 2.05) is 54.9 Å². The second kappa shape index (κ2) is 47.4. The van der Waals surface area contributed by atoms with Crippen molar-refractivity contribution < 1.29 is 104 Å². The summed E-state index contributed by atoms with van der Waals surface area (Å²) in [6, 6.07) is 0. The molecule has 27 nitrogen and oxygen atoms in total. The normalized spacial score (nSPS) is 24.8. The van der Waals surface area contributed by atoms with Crippen molar-refractivity contribution in [2.75, 3.05) is 41.3 Å². The predicted molar refractivity (Wildman–Crippen MR) is 339 cm³/mol. The predicted octanol–water partition coefficient (Wildman–Crippen LogP) is 6.32. The number of nitrogens with zero attached hydrogens (tertiary/aromatic N) is 3. The first-order valence-electron chi connectivity index (χ1n) is 27.5. The number of hydrogen-bond acceptors (Lipinski definition) is 20. The van der Waals surface area contributed by atoms with Crippen LogP contribution >= 0.6 is 42.5 Å².